The minimum atomic E-state index is 0.372. The number of rotatable bonds is 7. The topological polar surface area (TPSA) is 13.1 Å². The van der Waals surface area contributed by atoms with E-state index in [2.05, 4.69) is 45.9 Å². The van der Waals surface area contributed by atoms with Crippen molar-refractivity contribution < 1.29 is 4.42 Å². The van der Waals surface area contributed by atoms with Crippen LogP contribution in [0.15, 0.2) is 45.9 Å². The van der Waals surface area contributed by atoms with Gasteiger partial charge in [-0.1, -0.05) is 53.4 Å². The maximum atomic E-state index is 6.07. The van der Waals surface area contributed by atoms with Crippen molar-refractivity contribution in [3.63, 3.8) is 0 Å². The number of fused-ring (bicyclic) bond motifs is 1. The summed E-state index contributed by atoms with van der Waals surface area (Å²) in [6, 6.07) is 5.74. The number of hydrogen-bond acceptors (Lipinski definition) is 1. The Bertz CT molecular complexity index is 710. The van der Waals surface area contributed by atoms with Gasteiger partial charge in [-0.25, -0.2) is 0 Å². The molecule has 1 heterocycles. The smallest absolute Gasteiger partial charge is 0.135 e. The van der Waals surface area contributed by atoms with E-state index in [4.69, 9.17) is 27.6 Å². The maximum absolute atomic E-state index is 6.07. The quantitative estimate of drug-likeness (QED) is 0.450. The van der Waals surface area contributed by atoms with Crippen molar-refractivity contribution >= 4 is 34.2 Å². The molecule has 0 spiro atoms. The van der Waals surface area contributed by atoms with Gasteiger partial charge in [0.2, 0.25) is 0 Å². The van der Waals surface area contributed by atoms with Crippen molar-refractivity contribution in [2.24, 2.45) is 0 Å². The first-order valence-corrected chi connectivity index (χ1v) is 9.30. The molecular formula is C21H26Cl2O. The standard InChI is InChI=1S/C21H26Cl2O/c1-14(2)7-5-8-15(3)9-6-10-16(4)20-12-17-11-18(22)19(23)13-21(17)24-20/h7,9,11-13,16H,5-6,8,10H2,1-4H3/b15-9+. The summed E-state index contributed by atoms with van der Waals surface area (Å²) < 4.78 is 5.94. The molecule has 2 rings (SSSR count). The molecule has 24 heavy (non-hydrogen) atoms. The van der Waals surface area contributed by atoms with Crippen molar-refractivity contribution in [1.29, 1.82) is 0 Å². The fraction of sp³-hybridized carbons (Fsp3) is 0.429. The first-order chi connectivity index (χ1) is 11.4. The Morgan fingerprint density at radius 3 is 2.46 bits per heavy atom. The molecule has 0 radical (unpaired) electrons. The lowest BCUT2D eigenvalue weighted by Gasteiger charge is -2.06. The second kappa shape index (κ2) is 8.78. The fourth-order valence-electron chi connectivity index (χ4n) is 2.71. The third-order valence-corrected chi connectivity index (χ3v) is 4.97. The first kappa shape index (κ1) is 19.1. The van der Waals surface area contributed by atoms with Crippen molar-refractivity contribution in [2.45, 2.75) is 59.3 Å². The van der Waals surface area contributed by atoms with Crippen LogP contribution in [0.5, 0.6) is 0 Å². The van der Waals surface area contributed by atoms with Gasteiger partial charge in [0.25, 0.3) is 0 Å². The van der Waals surface area contributed by atoms with E-state index in [1.54, 1.807) is 6.07 Å². The number of halogens is 2. The van der Waals surface area contributed by atoms with Crippen LogP contribution in [0.2, 0.25) is 10.0 Å². The highest BCUT2D eigenvalue weighted by Gasteiger charge is 2.12. The van der Waals surface area contributed by atoms with Crippen LogP contribution in [-0.4, -0.2) is 0 Å². The highest BCUT2D eigenvalue weighted by atomic mass is 35.5. The van der Waals surface area contributed by atoms with E-state index >= 15 is 0 Å². The summed E-state index contributed by atoms with van der Waals surface area (Å²) in [6.45, 7) is 8.71. The molecule has 3 heteroatoms. The van der Waals surface area contributed by atoms with Gasteiger partial charge in [-0.3, -0.25) is 0 Å². The van der Waals surface area contributed by atoms with E-state index in [9.17, 15) is 0 Å². The van der Waals surface area contributed by atoms with E-state index in [1.165, 1.54) is 11.1 Å². The van der Waals surface area contributed by atoms with Crippen LogP contribution in [0.3, 0.4) is 0 Å². The lowest BCUT2D eigenvalue weighted by molar-refractivity contribution is 0.491. The van der Waals surface area contributed by atoms with Gasteiger partial charge in [0.1, 0.15) is 11.3 Å². The van der Waals surface area contributed by atoms with Crippen LogP contribution in [0, 0.1) is 0 Å². The molecule has 130 valence electrons. The van der Waals surface area contributed by atoms with E-state index in [1.807, 2.05) is 6.07 Å². The van der Waals surface area contributed by atoms with Crippen LogP contribution in [0.4, 0.5) is 0 Å². The van der Waals surface area contributed by atoms with Gasteiger partial charge in [-0.2, -0.15) is 0 Å². The zero-order valence-electron chi connectivity index (χ0n) is 15.0. The maximum Gasteiger partial charge on any atom is 0.135 e. The van der Waals surface area contributed by atoms with E-state index in [0.29, 0.717) is 16.0 Å². The summed E-state index contributed by atoms with van der Waals surface area (Å²) in [5.74, 6) is 1.37. The van der Waals surface area contributed by atoms with Gasteiger partial charge in [-0.05, 0) is 58.6 Å². The SMILES string of the molecule is CC(C)=CCC/C(C)=C/CCC(C)c1cc2cc(Cl)c(Cl)cc2o1. The molecule has 1 atom stereocenters. The molecule has 2 aromatic rings. The van der Waals surface area contributed by atoms with Gasteiger partial charge in [-0.15, -0.1) is 0 Å². The lowest BCUT2D eigenvalue weighted by Crippen LogP contribution is -1.90. The summed E-state index contributed by atoms with van der Waals surface area (Å²) in [5, 5.41) is 2.12. The highest BCUT2D eigenvalue weighted by Crippen LogP contribution is 2.33. The Balaban J connectivity index is 1.92. The Hall–Kier alpha value is -1.18. The number of hydrogen-bond donors (Lipinski definition) is 0. The molecule has 0 saturated heterocycles. The third kappa shape index (κ3) is 5.43. The zero-order chi connectivity index (χ0) is 17.7. The summed E-state index contributed by atoms with van der Waals surface area (Å²) in [7, 11) is 0. The molecule has 1 nitrogen and oxygen atoms in total. The first-order valence-electron chi connectivity index (χ1n) is 8.54. The number of benzene rings is 1. The van der Waals surface area contributed by atoms with Crippen molar-refractivity contribution in [3.8, 4) is 0 Å². The molecule has 0 aliphatic rings. The molecule has 0 aliphatic heterocycles. The van der Waals surface area contributed by atoms with Gasteiger partial charge in [0.15, 0.2) is 0 Å². The van der Waals surface area contributed by atoms with Crippen LogP contribution < -0.4 is 0 Å². The van der Waals surface area contributed by atoms with E-state index in [0.717, 1.165) is 42.4 Å². The lowest BCUT2D eigenvalue weighted by atomic mass is 10.0. The molecule has 1 unspecified atom stereocenters. The number of allylic oxidation sites excluding steroid dienone is 4. The number of furan rings is 1. The molecule has 0 N–H and O–H groups in total. The molecule has 0 amide bonds. The van der Waals surface area contributed by atoms with Crippen LogP contribution >= 0.6 is 23.2 Å². The summed E-state index contributed by atoms with van der Waals surface area (Å²) in [4.78, 5) is 0. The molecular weight excluding hydrogens is 339 g/mol. The average Bonchev–Trinajstić information content (AvgIpc) is 2.90. The molecule has 0 fully saturated rings. The second-order valence-corrected chi connectivity index (χ2v) is 7.62. The second-order valence-electron chi connectivity index (χ2n) is 6.80. The van der Waals surface area contributed by atoms with Crippen LogP contribution in [-0.2, 0) is 0 Å². The van der Waals surface area contributed by atoms with Crippen LogP contribution in [0.1, 0.15) is 65.1 Å². The largest absolute Gasteiger partial charge is 0.461 e. The summed E-state index contributed by atoms with van der Waals surface area (Å²) >= 11 is 12.1. The van der Waals surface area contributed by atoms with Crippen molar-refractivity contribution in [1.82, 2.24) is 0 Å². The Kier molecular flexibility index (Phi) is 7.01. The van der Waals surface area contributed by atoms with Gasteiger partial charge in [0.05, 0.1) is 10.0 Å². The summed E-state index contributed by atoms with van der Waals surface area (Å²) in [5.41, 5.74) is 3.66. The summed E-state index contributed by atoms with van der Waals surface area (Å²) in [6.07, 6.45) is 9.06. The normalized spacial score (nSPS) is 13.3. The molecule has 0 aliphatic carbocycles. The highest BCUT2D eigenvalue weighted by molar-refractivity contribution is 6.42. The average molecular weight is 365 g/mol. The minimum absolute atomic E-state index is 0.372. The molecule has 1 aromatic carbocycles. The van der Waals surface area contributed by atoms with E-state index < -0.39 is 0 Å². The molecule has 0 saturated carbocycles. The zero-order valence-corrected chi connectivity index (χ0v) is 16.5. The third-order valence-electron chi connectivity index (χ3n) is 4.25. The predicted molar refractivity (Wildman–Crippen MR) is 106 cm³/mol. The molecule has 0 bridgehead atoms. The van der Waals surface area contributed by atoms with Gasteiger partial charge < -0.3 is 4.42 Å². The fourth-order valence-corrected chi connectivity index (χ4v) is 3.04. The van der Waals surface area contributed by atoms with Gasteiger partial charge >= 0.3 is 0 Å². The Morgan fingerprint density at radius 2 is 1.75 bits per heavy atom. The minimum Gasteiger partial charge on any atom is -0.461 e. The Labute approximate surface area is 155 Å². The molecule has 1 aromatic heterocycles. The van der Waals surface area contributed by atoms with E-state index in [-0.39, 0.29) is 0 Å². The van der Waals surface area contributed by atoms with Gasteiger partial charge in [0, 0.05) is 17.4 Å². The van der Waals surface area contributed by atoms with Crippen molar-refractivity contribution in [3.05, 3.63) is 57.3 Å². The van der Waals surface area contributed by atoms with Crippen LogP contribution in [0.25, 0.3) is 11.0 Å². The predicted octanol–water partition coefficient (Wildman–Crippen LogP) is 8.32. The Morgan fingerprint density at radius 1 is 1.04 bits per heavy atom. The monoisotopic (exact) mass is 364 g/mol. The van der Waals surface area contributed by atoms with Crippen molar-refractivity contribution in [2.75, 3.05) is 0 Å².